The Kier molecular flexibility index (Phi) is 3.85. The second-order valence-corrected chi connectivity index (χ2v) is 5.44. The van der Waals surface area contributed by atoms with Gasteiger partial charge in [-0.25, -0.2) is 8.78 Å². The average Bonchev–Trinajstić information content (AvgIpc) is 2.33. The molecule has 0 saturated heterocycles. The summed E-state index contributed by atoms with van der Waals surface area (Å²) in [5, 5.41) is 2.57. The van der Waals surface area contributed by atoms with Crippen molar-refractivity contribution >= 4 is 11.6 Å². The van der Waals surface area contributed by atoms with Gasteiger partial charge in [0.1, 0.15) is 0 Å². The van der Waals surface area contributed by atoms with E-state index < -0.39 is 17.2 Å². The Balaban J connectivity index is 2.09. The van der Waals surface area contributed by atoms with Gasteiger partial charge in [0.15, 0.2) is 11.6 Å². The molecule has 0 aliphatic heterocycles. The van der Waals surface area contributed by atoms with Gasteiger partial charge in [0.25, 0.3) is 0 Å². The Morgan fingerprint density at radius 1 is 1.42 bits per heavy atom. The molecule has 3 N–H and O–H groups in total. The molecule has 0 bridgehead atoms. The van der Waals surface area contributed by atoms with E-state index in [9.17, 15) is 13.6 Å². The van der Waals surface area contributed by atoms with E-state index in [1.165, 1.54) is 6.07 Å². The van der Waals surface area contributed by atoms with Crippen molar-refractivity contribution in [1.82, 2.24) is 0 Å². The quantitative estimate of drug-likeness (QED) is 0.866. The minimum atomic E-state index is -0.985. The lowest BCUT2D eigenvalue weighted by Gasteiger charge is -2.35. The fourth-order valence-corrected chi connectivity index (χ4v) is 2.63. The van der Waals surface area contributed by atoms with Gasteiger partial charge in [-0.15, -0.1) is 0 Å². The van der Waals surface area contributed by atoms with E-state index in [2.05, 4.69) is 12.2 Å². The number of carbonyl (C=O) groups is 1. The second-order valence-electron chi connectivity index (χ2n) is 5.44. The first-order chi connectivity index (χ1) is 8.90. The van der Waals surface area contributed by atoms with Crippen LogP contribution in [-0.2, 0) is 4.79 Å². The number of hydrogen-bond donors (Lipinski definition) is 2. The average molecular weight is 268 g/mol. The monoisotopic (exact) mass is 268 g/mol. The molecule has 3 nitrogen and oxygen atoms in total. The SMILES string of the molecule is CC1CCCC(N)(C(=O)Nc2ccc(F)c(F)c2)C1. The zero-order chi connectivity index (χ0) is 14.0. The lowest BCUT2D eigenvalue weighted by molar-refractivity contribution is -0.122. The number of nitrogens with one attached hydrogen (secondary N) is 1. The third kappa shape index (κ3) is 3.10. The minimum absolute atomic E-state index is 0.229. The van der Waals surface area contributed by atoms with Crippen LogP contribution in [-0.4, -0.2) is 11.4 Å². The molecule has 19 heavy (non-hydrogen) atoms. The van der Waals surface area contributed by atoms with Crippen molar-refractivity contribution in [3.8, 4) is 0 Å². The van der Waals surface area contributed by atoms with Gasteiger partial charge in [0.2, 0.25) is 5.91 Å². The third-order valence-electron chi connectivity index (χ3n) is 3.66. The van der Waals surface area contributed by atoms with E-state index in [0.717, 1.165) is 25.0 Å². The number of benzene rings is 1. The van der Waals surface area contributed by atoms with Crippen molar-refractivity contribution in [3.05, 3.63) is 29.8 Å². The summed E-state index contributed by atoms with van der Waals surface area (Å²) in [6, 6.07) is 3.27. The first-order valence-electron chi connectivity index (χ1n) is 6.46. The van der Waals surface area contributed by atoms with Gasteiger partial charge in [0.05, 0.1) is 5.54 Å². The summed E-state index contributed by atoms with van der Waals surface area (Å²) in [6.45, 7) is 2.06. The largest absolute Gasteiger partial charge is 0.324 e. The van der Waals surface area contributed by atoms with Gasteiger partial charge < -0.3 is 11.1 Å². The molecule has 5 heteroatoms. The molecule has 0 aromatic heterocycles. The summed E-state index contributed by atoms with van der Waals surface area (Å²) in [4.78, 5) is 12.2. The van der Waals surface area contributed by atoms with Crippen LogP contribution in [0, 0.1) is 17.6 Å². The maximum atomic E-state index is 13.1. The van der Waals surface area contributed by atoms with E-state index in [4.69, 9.17) is 5.73 Å². The molecule has 0 heterocycles. The molecule has 104 valence electrons. The van der Waals surface area contributed by atoms with Crippen LogP contribution in [0.5, 0.6) is 0 Å². The van der Waals surface area contributed by atoms with Gasteiger partial charge in [0, 0.05) is 11.8 Å². The molecule has 0 spiro atoms. The molecule has 1 aromatic carbocycles. The fraction of sp³-hybridized carbons (Fsp3) is 0.500. The molecule has 1 aliphatic rings. The van der Waals surface area contributed by atoms with Crippen molar-refractivity contribution in [3.63, 3.8) is 0 Å². The number of hydrogen-bond acceptors (Lipinski definition) is 2. The standard InChI is InChI=1S/C14H18F2N2O/c1-9-3-2-6-14(17,8-9)13(19)18-10-4-5-11(15)12(16)7-10/h4-5,7,9H,2-3,6,8,17H2,1H3,(H,18,19). The van der Waals surface area contributed by atoms with Crippen LogP contribution >= 0.6 is 0 Å². The maximum absolute atomic E-state index is 13.1. The smallest absolute Gasteiger partial charge is 0.244 e. The molecule has 1 aromatic rings. The Bertz CT molecular complexity index is 492. The lowest BCUT2D eigenvalue weighted by Crippen LogP contribution is -2.53. The summed E-state index contributed by atoms with van der Waals surface area (Å²) in [5.74, 6) is -1.85. The van der Waals surface area contributed by atoms with E-state index in [-0.39, 0.29) is 11.6 Å². The number of rotatable bonds is 2. The summed E-state index contributed by atoms with van der Waals surface area (Å²) >= 11 is 0. The van der Waals surface area contributed by atoms with E-state index in [0.29, 0.717) is 18.8 Å². The van der Waals surface area contributed by atoms with Gasteiger partial charge in [-0.1, -0.05) is 19.8 Å². The molecular formula is C14H18F2N2O. The van der Waals surface area contributed by atoms with E-state index in [1.54, 1.807) is 0 Å². The van der Waals surface area contributed by atoms with Gasteiger partial charge in [-0.2, -0.15) is 0 Å². The van der Waals surface area contributed by atoms with Crippen molar-refractivity contribution < 1.29 is 13.6 Å². The van der Waals surface area contributed by atoms with E-state index in [1.807, 2.05) is 0 Å². The molecule has 1 fully saturated rings. The van der Waals surface area contributed by atoms with Crippen molar-refractivity contribution in [2.24, 2.45) is 11.7 Å². The molecule has 2 rings (SSSR count). The van der Waals surface area contributed by atoms with Crippen LogP contribution in [0.4, 0.5) is 14.5 Å². The second kappa shape index (κ2) is 5.25. The van der Waals surface area contributed by atoms with Crippen LogP contribution in [0.25, 0.3) is 0 Å². The minimum Gasteiger partial charge on any atom is -0.324 e. The Hall–Kier alpha value is -1.49. The predicted molar refractivity (Wildman–Crippen MR) is 69.5 cm³/mol. The molecule has 1 saturated carbocycles. The summed E-state index contributed by atoms with van der Waals surface area (Å²) < 4.78 is 25.9. The zero-order valence-electron chi connectivity index (χ0n) is 10.9. The van der Waals surface area contributed by atoms with Crippen LogP contribution in [0.3, 0.4) is 0 Å². The highest BCUT2D eigenvalue weighted by atomic mass is 19.2. The van der Waals surface area contributed by atoms with E-state index >= 15 is 0 Å². The fourth-order valence-electron chi connectivity index (χ4n) is 2.63. The number of halogens is 2. The van der Waals surface area contributed by atoms with Crippen LogP contribution < -0.4 is 11.1 Å². The first-order valence-corrected chi connectivity index (χ1v) is 6.46. The maximum Gasteiger partial charge on any atom is 0.244 e. The van der Waals surface area contributed by atoms with Crippen molar-refractivity contribution in [2.75, 3.05) is 5.32 Å². The van der Waals surface area contributed by atoms with Crippen molar-refractivity contribution in [2.45, 2.75) is 38.1 Å². The van der Waals surface area contributed by atoms with Crippen LogP contribution in [0.1, 0.15) is 32.6 Å². The molecule has 2 unspecified atom stereocenters. The zero-order valence-corrected chi connectivity index (χ0v) is 10.9. The Morgan fingerprint density at radius 3 is 2.79 bits per heavy atom. The highest BCUT2D eigenvalue weighted by molar-refractivity contribution is 5.98. The van der Waals surface area contributed by atoms with Gasteiger partial charge in [-0.3, -0.25) is 4.79 Å². The summed E-state index contributed by atoms with van der Waals surface area (Å²) in [6.07, 6.45) is 3.20. The van der Waals surface area contributed by atoms with Crippen LogP contribution in [0.15, 0.2) is 18.2 Å². The lowest BCUT2D eigenvalue weighted by atomic mass is 9.76. The summed E-state index contributed by atoms with van der Waals surface area (Å²) in [7, 11) is 0. The molecule has 2 atom stereocenters. The predicted octanol–water partition coefficient (Wildman–Crippen LogP) is 2.81. The molecular weight excluding hydrogens is 250 g/mol. The highest BCUT2D eigenvalue weighted by Gasteiger charge is 2.37. The Labute approximate surface area is 111 Å². The summed E-state index contributed by atoms with van der Waals surface area (Å²) in [5.41, 5.74) is 5.44. The number of anilines is 1. The molecule has 1 aliphatic carbocycles. The topological polar surface area (TPSA) is 55.1 Å². The van der Waals surface area contributed by atoms with Gasteiger partial charge >= 0.3 is 0 Å². The first kappa shape index (κ1) is 13.9. The highest BCUT2D eigenvalue weighted by Crippen LogP contribution is 2.31. The van der Waals surface area contributed by atoms with Crippen molar-refractivity contribution in [1.29, 1.82) is 0 Å². The number of nitrogens with two attached hydrogens (primary N) is 1. The van der Waals surface area contributed by atoms with Crippen LogP contribution in [0.2, 0.25) is 0 Å². The normalized spacial score (nSPS) is 27.1. The third-order valence-corrected chi connectivity index (χ3v) is 3.66. The molecule has 1 amide bonds. The Morgan fingerprint density at radius 2 is 2.16 bits per heavy atom. The van der Waals surface area contributed by atoms with Gasteiger partial charge in [-0.05, 0) is 30.9 Å². The number of amides is 1. The molecule has 0 radical (unpaired) electrons. The number of carbonyl (C=O) groups excluding carboxylic acids is 1.